The number of hydrazone groups is 1. The summed E-state index contributed by atoms with van der Waals surface area (Å²) in [5, 5.41) is 7.02. The van der Waals surface area contributed by atoms with Gasteiger partial charge in [0.1, 0.15) is 6.61 Å². The fourth-order valence-corrected chi connectivity index (χ4v) is 2.51. The van der Waals surface area contributed by atoms with Gasteiger partial charge in [-0.1, -0.05) is 42.5 Å². The maximum absolute atomic E-state index is 12.0. The van der Waals surface area contributed by atoms with Crippen LogP contribution in [-0.4, -0.2) is 31.7 Å². The second-order valence-electron chi connectivity index (χ2n) is 5.80. The van der Waals surface area contributed by atoms with E-state index in [0.29, 0.717) is 34.4 Å². The van der Waals surface area contributed by atoms with Crippen molar-refractivity contribution in [2.45, 2.75) is 12.8 Å². The Hall–Kier alpha value is -3.32. The Morgan fingerprint density at radius 3 is 2.62 bits per heavy atom. The van der Waals surface area contributed by atoms with Gasteiger partial charge < -0.3 is 14.8 Å². The Morgan fingerprint density at radius 1 is 1.14 bits per heavy atom. The molecule has 152 valence electrons. The highest BCUT2D eigenvalue weighted by Crippen LogP contribution is 2.30. The predicted octanol–water partition coefficient (Wildman–Crippen LogP) is 3.78. The SMILES string of the molecule is C=CCOc1c(C=NNC(=O)CCC(=O)Nc2ccccc2Cl)cccc1OC. The number of benzene rings is 2. The van der Waals surface area contributed by atoms with Gasteiger partial charge in [0.2, 0.25) is 11.8 Å². The molecule has 2 aromatic carbocycles. The molecule has 0 fully saturated rings. The molecule has 0 saturated heterocycles. The minimum Gasteiger partial charge on any atom is -0.493 e. The van der Waals surface area contributed by atoms with Crippen LogP contribution in [0.1, 0.15) is 18.4 Å². The van der Waals surface area contributed by atoms with Crippen LogP contribution in [0, 0.1) is 0 Å². The summed E-state index contributed by atoms with van der Waals surface area (Å²) in [6, 6.07) is 12.2. The zero-order chi connectivity index (χ0) is 21.1. The topological polar surface area (TPSA) is 89.0 Å². The van der Waals surface area contributed by atoms with Gasteiger partial charge in [-0.3, -0.25) is 9.59 Å². The maximum Gasteiger partial charge on any atom is 0.240 e. The largest absolute Gasteiger partial charge is 0.493 e. The van der Waals surface area contributed by atoms with Gasteiger partial charge in [0.15, 0.2) is 11.5 Å². The van der Waals surface area contributed by atoms with Crippen LogP contribution in [0.15, 0.2) is 60.2 Å². The third-order valence-electron chi connectivity index (χ3n) is 3.69. The van der Waals surface area contributed by atoms with Crippen LogP contribution in [0.2, 0.25) is 5.02 Å². The van der Waals surface area contributed by atoms with Gasteiger partial charge in [0.05, 0.1) is 24.0 Å². The van der Waals surface area contributed by atoms with Gasteiger partial charge in [-0.05, 0) is 24.3 Å². The molecule has 29 heavy (non-hydrogen) atoms. The number of nitrogens with zero attached hydrogens (tertiary/aromatic N) is 1. The summed E-state index contributed by atoms with van der Waals surface area (Å²) in [6.45, 7) is 3.92. The first kappa shape index (κ1) is 22.0. The van der Waals surface area contributed by atoms with Crippen molar-refractivity contribution in [3.63, 3.8) is 0 Å². The Labute approximate surface area is 174 Å². The first-order chi connectivity index (χ1) is 14.0. The molecule has 0 unspecified atom stereocenters. The number of para-hydroxylation sites is 2. The van der Waals surface area contributed by atoms with Crippen molar-refractivity contribution in [1.29, 1.82) is 0 Å². The average molecular weight is 416 g/mol. The zero-order valence-corrected chi connectivity index (χ0v) is 16.7. The molecule has 0 saturated carbocycles. The van der Waals surface area contributed by atoms with Crippen molar-refractivity contribution in [3.8, 4) is 11.5 Å². The summed E-state index contributed by atoms with van der Waals surface area (Å²) in [5.74, 6) is 0.322. The molecular formula is C21H22ClN3O4. The van der Waals surface area contributed by atoms with Gasteiger partial charge in [-0.15, -0.1) is 0 Å². The van der Waals surface area contributed by atoms with Crippen LogP contribution >= 0.6 is 11.6 Å². The van der Waals surface area contributed by atoms with E-state index in [4.69, 9.17) is 21.1 Å². The molecule has 8 heteroatoms. The quantitative estimate of drug-likeness (QED) is 0.351. The summed E-state index contributed by atoms with van der Waals surface area (Å²) in [6.07, 6.45) is 3.04. The number of anilines is 1. The Morgan fingerprint density at radius 2 is 1.90 bits per heavy atom. The van der Waals surface area contributed by atoms with Gasteiger partial charge in [0.25, 0.3) is 0 Å². The summed E-state index contributed by atoms with van der Waals surface area (Å²) >= 11 is 5.99. The smallest absolute Gasteiger partial charge is 0.240 e. The predicted molar refractivity (Wildman–Crippen MR) is 114 cm³/mol. The molecule has 7 nitrogen and oxygen atoms in total. The van der Waals surface area contributed by atoms with Crippen molar-refractivity contribution in [1.82, 2.24) is 5.43 Å². The number of carbonyl (C=O) groups is 2. The molecule has 0 heterocycles. The van der Waals surface area contributed by atoms with Crippen molar-refractivity contribution >= 4 is 35.3 Å². The molecule has 0 aliphatic heterocycles. The van der Waals surface area contributed by atoms with E-state index in [9.17, 15) is 9.59 Å². The first-order valence-electron chi connectivity index (χ1n) is 8.82. The fourth-order valence-electron chi connectivity index (χ4n) is 2.32. The molecule has 0 atom stereocenters. The van der Waals surface area contributed by atoms with E-state index in [-0.39, 0.29) is 18.7 Å². The van der Waals surface area contributed by atoms with Crippen LogP contribution in [0.4, 0.5) is 5.69 Å². The normalized spacial score (nSPS) is 10.4. The Bertz CT molecular complexity index is 899. The van der Waals surface area contributed by atoms with Crippen LogP contribution in [0.3, 0.4) is 0 Å². The van der Waals surface area contributed by atoms with E-state index in [1.165, 1.54) is 13.3 Å². The standard InChI is InChI=1S/C21H22ClN3O4/c1-3-13-29-21-15(7-6-10-18(21)28-2)14-23-25-20(27)12-11-19(26)24-17-9-5-4-8-16(17)22/h3-10,14H,1,11-13H2,2H3,(H,24,26)(H,25,27). The van der Waals surface area contributed by atoms with Crippen LogP contribution in [0.25, 0.3) is 0 Å². The third-order valence-corrected chi connectivity index (χ3v) is 4.02. The van der Waals surface area contributed by atoms with E-state index in [1.54, 1.807) is 48.5 Å². The number of nitrogens with one attached hydrogen (secondary N) is 2. The number of rotatable bonds is 10. The van der Waals surface area contributed by atoms with Crippen molar-refractivity contribution in [3.05, 3.63) is 65.7 Å². The number of methoxy groups -OCH3 is 1. The highest BCUT2D eigenvalue weighted by Gasteiger charge is 2.10. The van der Waals surface area contributed by atoms with Gasteiger partial charge in [0, 0.05) is 18.4 Å². The summed E-state index contributed by atoms with van der Waals surface area (Å²) in [7, 11) is 1.53. The highest BCUT2D eigenvalue weighted by atomic mass is 35.5. The first-order valence-corrected chi connectivity index (χ1v) is 9.20. The van der Waals surface area contributed by atoms with E-state index in [2.05, 4.69) is 22.4 Å². The fraction of sp³-hybridized carbons (Fsp3) is 0.190. The molecule has 2 amide bonds. The van der Waals surface area contributed by atoms with Crippen molar-refractivity contribution in [2.24, 2.45) is 5.10 Å². The van der Waals surface area contributed by atoms with Crippen LogP contribution < -0.4 is 20.2 Å². The lowest BCUT2D eigenvalue weighted by atomic mass is 10.2. The van der Waals surface area contributed by atoms with E-state index >= 15 is 0 Å². The molecule has 0 radical (unpaired) electrons. The summed E-state index contributed by atoms with van der Waals surface area (Å²) < 4.78 is 10.9. The van der Waals surface area contributed by atoms with Gasteiger partial charge >= 0.3 is 0 Å². The van der Waals surface area contributed by atoms with Crippen molar-refractivity contribution < 1.29 is 19.1 Å². The second kappa shape index (κ2) is 11.5. The molecule has 0 aromatic heterocycles. The van der Waals surface area contributed by atoms with Gasteiger partial charge in [-0.2, -0.15) is 5.10 Å². The lowest BCUT2D eigenvalue weighted by Gasteiger charge is -2.11. The minimum atomic E-state index is -0.396. The second-order valence-corrected chi connectivity index (χ2v) is 6.21. The molecule has 0 spiro atoms. The van der Waals surface area contributed by atoms with Crippen molar-refractivity contribution in [2.75, 3.05) is 19.0 Å². The monoisotopic (exact) mass is 415 g/mol. The highest BCUT2D eigenvalue weighted by molar-refractivity contribution is 6.33. The summed E-state index contributed by atoms with van der Waals surface area (Å²) in [4.78, 5) is 23.9. The number of hydrogen-bond donors (Lipinski definition) is 2. The molecule has 2 rings (SSSR count). The van der Waals surface area contributed by atoms with Crippen LogP contribution in [-0.2, 0) is 9.59 Å². The summed E-state index contributed by atoms with van der Waals surface area (Å²) in [5.41, 5.74) is 3.52. The molecule has 2 aromatic rings. The number of halogens is 1. The van der Waals surface area contributed by atoms with Crippen LogP contribution in [0.5, 0.6) is 11.5 Å². The number of carbonyl (C=O) groups excluding carboxylic acids is 2. The molecule has 2 N–H and O–H groups in total. The molecule has 0 bridgehead atoms. The molecule has 0 aliphatic rings. The third kappa shape index (κ3) is 6.97. The maximum atomic E-state index is 12.0. The minimum absolute atomic E-state index is 0.000563. The molecule has 0 aliphatic carbocycles. The van der Waals surface area contributed by atoms with E-state index in [0.717, 1.165) is 0 Å². The lowest BCUT2D eigenvalue weighted by Crippen LogP contribution is -2.20. The zero-order valence-electron chi connectivity index (χ0n) is 16.0. The Kier molecular flexibility index (Phi) is 8.72. The molecular weight excluding hydrogens is 394 g/mol. The number of amides is 2. The van der Waals surface area contributed by atoms with E-state index < -0.39 is 5.91 Å². The number of ether oxygens (including phenoxy) is 2. The number of hydrogen-bond acceptors (Lipinski definition) is 5. The average Bonchev–Trinajstić information content (AvgIpc) is 2.72. The lowest BCUT2D eigenvalue weighted by molar-refractivity contribution is -0.124. The van der Waals surface area contributed by atoms with E-state index in [1.807, 2.05) is 0 Å². The Balaban J connectivity index is 1.87. The van der Waals surface area contributed by atoms with Gasteiger partial charge in [-0.25, -0.2) is 5.43 Å².